The first kappa shape index (κ1) is 38.7. The van der Waals surface area contributed by atoms with Crippen molar-refractivity contribution < 1.29 is 4.74 Å². The first-order valence-corrected chi connectivity index (χ1v) is 23.8. The lowest BCUT2D eigenvalue weighted by Gasteiger charge is -2.45. The van der Waals surface area contributed by atoms with Crippen molar-refractivity contribution in [2.75, 3.05) is 0 Å². The monoisotopic (exact) mass is 893 g/mol. The number of benzene rings is 10. The summed E-state index contributed by atoms with van der Waals surface area (Å²) >= 11 is 0. The Balaban J connectivity index is 1.02. The van der Waals surface area contributed by atoms with Gasteiger partial charge in [-0.15, -0.1) is 0 Å². The number of fused-ring (bicyclic) bond motifs is 14. The van der Waals surface area contributed by atoms with Gasteiger partial charge in [0, 0.05) is 55.0 Å². The van der Waals surface area contributed by atoms with Crippen molar-refractivity contribution in [1.29, 1.82) is 0 Å². The normalized spacial score (nSPS) is 13.1. The zero-order chi connectivity index (χ0) is 45.9. The van der Waals surface area contributed by atoms with Gasteiger partial charge in [0.05, 0.1) is 33.2 Å². The van der Waals surface area contributed by atoms with Crippen LogP contribution in [0.5, 0.6) is 11.5 Å². The third-order valence-electron chi connectivity index (χ3n) is 14.6. The summed E-state index contributed by atoms with van der Waals surface area (Å²) in [4.78, 5) is 15.6. The second-order valence-corrected chi connectivity index (χ2v) is 18.3. The van der Waals surface area contributed by atoms with E-state index in [4.69, 9.17) is 19.7 Å². The minimum absolute atomic E-state index is 0.618. The van der Waals surface area contributed by atoms with Gasteiger partial charge in [0.25, 0.3) is 0 Å². The summed E-state index contributed by atoms with van der Waals surface area (Å²) in [5.74, 6) is 3.61. The first-order valence-electron chi connectivity index (χ1n) is 23.8. The van der Waals surface area contributed by atoms with Crippen molar-refractivity contribution in [2.45, 2.75) is 5.41 Å². The number of hydrogen-bond donors (Lipinski definition) is 0. The molecule has 0 N–H and O–H groups in total. The van der Waals surface area contributed by atoms with Crippen molar-refractivity contribution in [1.82, 2.24) is 24.1 Å². The van der Waals surface area contributed by atoms with Crippen LogP contribution >= 0.6 is 0 Å². The molecule has 6 nitrogen and oxygen atoms in total. The third-order valence-corrected chi connectivity index (χ3v) is 14.6. The van der Waals surface area contributed by atoms with Crippen LogP contribution in [0, 0.1) is 0 Å². The highest BCUT2D eigenvalue weighted by molar-refractivity contribution is 6.16. The summed E-state index contributed by atoms with van der Waals surface area (Å²) in [6, 6.07) is 84.4. The van der Waals surface area contributed by atoms with Gasteiger partial charge < -0.3 is 13.9 Å². The minimum atomic E-state index is -0.688. The lowest BCUT2D eigenvalue weighted by atomic mass is 9.61. The molecule has 6 heteroatoms. The van der Waals surface area contributed by atoms with Gasteiger partial charge in [-0.3, -0.25) is 0 Å². The number of aromatic nitrogens is 5. The van der Waals surface area contributed by atoms with Crippen LogP contribution in [0.3, 0.4) is 0 Å². The molecule has 0 fully saturated rings. The van der Waals surface area contributed by atoms with Crippen LogP contribution in [-0.4, -0.2) is 24.1 Å². The highest BCUT2D eigenvalue weighted by atomic mass is 16.5. The summed E-state index contributed by atoms with van der Waals surface area (Å²) < 4.78 is 11.7. The minimum Gasteiger partial charge on any atom is -0.457 e. The molecule has 15 rings (SSSR count). The number of para-hydroxylation sites is 5. The molecule has 0 atom stereocenters. The second-order valence-electron chi connectivity index (χ2n) is 18.3. The molecule has 0 amide bonds. The molecule has 1 spiro atoms. The maximum atomic E-state index is 6.79. The maximum absolute atomic E-state index is 6.79. The van der Waals surface area contributed by atoms with Gasteiger partial charge in [0.1, 0.15) is 11.5 Å². The predicted octanol–water partition coefficient (Wildman–Crippen LogP) is 15.5. The fourth-order valence-corrected chi connectivity index (χ4v) is 11.7. The summed E-state index contributed by atoms with van der Waals surface area (Å²) in [5, 5.41) is 4.66. The Hall–Kier alpha value is -9.39. The molecule has 326 valence electrons. The van der Waals surface area contributed by atoms with E-state index in [0.29, 0.717) is 17.5 Å². The molecule has 2 aliphatic rings. The fourth-order valence-electron chi connectivity index (χ4n) is 11.7. The van der Waals surface area contributed by atoms with Crippen LogP contribution in [0.2, 0.25) is 0 Å². The molecule has 70 heavy (non-hydrogen) atoms. The summed E-state index contributed by atoms with van der Waals surface area (Å²) in [6.45, 7) is 0. The molecular weight excluding hydrogens is 855 g/mol. The van der Waals surface area contributed by atoms with Gasteiger partial charge in [-0.05, 0) is 82.9 Å². The summed E-state index contributed by atoms with van der Waals surface area (Å²) in [6.07, 6.45) is 0. The fraction of sp³-hybridized carbons (Fsp3) is 0.0156. The number of nitrogens with zero attached hydrogens (tertiary/aromatic N) is 5. The van der Waals surface area contributed by atoms with Gasteiger partial charge in [-0.25, -0.2) is 15.0 Å². The Labute approximate surface area is 403 Å². The Morgan fingerprint density at radius 3 is 1.61 bits per heavy atom. The van der Waals surface area contributed by atoms with Gasteiger partial charge in [0.15, 0.2) is 17.5 Å². The number of ether oxygens (including phenoxy) is 1. The van der Waals surface area contributed by atoms with E-state index in [1.807, 2.05) is 36.4 Å². The molecule has 2 aliphatic heterocycles. The smallest absolute Gasteiger partial charge is 0.164 e. The quantitative estimate of drug-likeness (QED) is 0.173. The van der Waals surface area contributed by atoms with E-state index in [0.717, 1.165) is 83.6 Å². The Morgan fingerprint density at radius 2 is 0.886 bits per heavy atom. The first-order chi connectivity index (χ1) is 34.7. The summed E-state index contributed by atoms with van der Waals surface area (Å²) in [7, 11) is 0. The van der Waals surface area contributed by atoms with Gasteiger partial charge in [-0.2, -0.15) is 0 Å². The highest BCUT2D eigenvalue weighted by Crippen LogP contribution is 2.60. The molecule has 5 heterocycles. The van der Waals surface area contributed by atoms with Gasteiger partial charge in [-0.1, -0.05) is 176 Å². The van der Waals surface area contributed by atoms with E-state index < -0.39 is 5.41 Å². The molecular formula is C64H39N5O. The van der Waals surface area contributed by atoms with Crippen LogP contribution in [0.4, 0.5) is 0 Å². The Morgan fingerprint density at radius 1 is 0.343 bits per heavy atom. The topological polar surface area (TPSA) is 57.8 Å². The van der Waals surface area contributed by atoms with E-state index in [2.05, 4.69) is 209 Å². The van der Waals surface area contributed by atoms with Crippen molar-refractivity contribution in [3.05, 3.63) is 259 Å². The van der Waals surface area contributed by atoms with Crippen molar-refractivity contribution >= 4 is 43.6 Å². The van der Waals surface area contributed by atoms with Crippen LogP contribution in [0.25, 0.3) is 100 Å². The van der Waals surface area contributed by atoms with Gasteiger partial charge in [0.2, 0.25) is 0 Å². The third kappa shape index (κ3) is 5.41. The van der Waals surface area contributed by atoms with E-state index in [1.165, 1.54) is 32.9 Å². The maximum Gasteiger partial charge on any atom is 0.164 e. The Bertz CT molecular complexity index is 4170. The SMILES string of the molecule is c1ccc(-c2nc(-c3ccccc3)nc(-c3cccc4c3c3cc(-c5ccc6c(c5)C5(c7ccccc7Oc7ccccc75)c5cccc7c8ccccc8n-6c57)ccc3n4-c3ccccc3)n2)cc1. The summed E-state index contributed by atoms with van der Waals surface area (Å²) in [5.41, 5.74) is 15.8. The zero-order valence-electron chi connectivity index (χ0n) is 37.7. The predicted molar refractivity (Wildman–Crippen MR) is 282 cm³/mol. The van der Waals surface area contributed by atoms with Gasteiger partial charge >= 0.3 is 0 Å². The molecule has 0 saturated heterocycles. The van der Waals surface area contributed by atoms with Crippen LogP contribution in [0.15, 0.2) is 237 Å². The van der Waals surface area contributed by atoms with E-state index >= 15 is 0 Å². The average Bonchev–Trinajstić information content (AvgIpc) is 3.96. The molecule has 10 aromatic carbocycles. The molecule has 0 radical (unpaired) electrons. The lowest BCUT2D eigenvalue weighted by molar-refractivity contribution is 0.434. The molecule has 3 aromatic heterocycles. The molecule has 0 saturated carbocycles. The van der Waals surface area contributed by atoms with Crippen molar-refractivity contribution in [3.8, 4) is 68.2 Å². The molecule has 13 aromatic rings. The van der Waals surface area contributed by atoms with Crippen LogP contribution in [0.1, 0.15) is 22.3 Å². The molecule has 0 aliphatic carbocycles. The zero-order valence-corrected chi connectivity index (χ0v) is 37.7. The largest absolute Gasteiger partial charge is 0.457 e. The Kier molecular flexibility index (Phi) is 8.18. The average molecular weight is 894 g/mol. The van der Waals surface area contributed by atoms with Crippen molar-refractivity contribution in [3.63, 3.8) is 0 Å². The lowest BCUT2D eigenvalue weighted by Crippen LogP contribution is -2.37. The standard InChI is InChI=1S/C64H39N5O/c1-4-18-40(19-5-1)61-65-62(41-20-6-2-7-21-41)67-63(66-61)47-26-17-31-56-59(47)48-38-42(34-36-54(48)68(56)44-22-8-3-9-23-44)43-35-37-55-52(39-43)64(49-27-11-14-32-57(49)70-58-33-15-12-28-50(58)64)51-29-16-25-46-45-24-10-13-30-53(45)69(55)60(46)51/h1-39H. The molecule has 0 unspecified atom stereocenters. The van der Waals surface area contributed by atoms with Crippen LogP contribution in [-0.2, 0) is 5.41 Å². The highest BCUT2D eigenvalue weighted by Gasteiger charge is 2.50. The van der Waals surface area contributed by atoms with Crippen molar-refractivity contribution in [2.24, 2.45) is 0 Å². The second kappa shape index (κ2) is 14.8. The van der Waals surface area contributed by atoms with E-state index in [1.54, 1.807) is 0 Å². The van der Waals surface area contributed by atoms with Crippen LogP contribution < -0.4 is 4.74 Å². The number of hydrogen-bond acceptors (Lipinski definition) is 4. The van der Waals surface area contributed by atoms with E-state index in [9.17, 15) is 0 Å². The number of rotatable bonds is 5. The molecule has 0 bridgehead atoms. The van der Waals surface area contributed by atoms with E-state index in [-0.39, 0.29) is 0 Å².